The Labute approximate surface area is 203 Å². The van der Waals surface area contributed by atoms with Crippen LogP contribution in [0.3, 0.4) is 0 Å². The standard InChI is InChI=1S/C26H28FN5O3/c1-17-2-6-19(7-3-17)23-15-32-22(16-35-23)24(29-30-32)26(34)31-12-10-20(11-13-31)25(33)28-14-18-4-8-21(27)9-5-18/h2-9,20,23H,10-16H2,1H3,(H,28,33)/t23-/m1/s1. The number of piperidine rings is 1. The van der Waals surface area contributed by atoms with Crippen LogP contribution in [0.1, 0.15) is 51.8 Å². The van der Waals surface area contributed by atoms with Crippen LogP contribution in [0.15, 0.2) is 48.5 Å². The first kappa shape index (κ1) is 23.2. The summed E-state index contributed by atoms with van der Waals surface area (Å²) in [7, 11) is 0. The smallest absolute Gasteiger partial charge is 0.276 e. The summed E-state index contributed by atoms with van der Waals surface area (Å²) in [4.78, 5) is 27.5. The van der Waals surface area contributed by atoms with E-state index in [-0.39, 0.29) is 36.3 Å². The van der Waals surface area contributed by atoms with E-state index in [1.165, 1.54) is 17.7 Å². The van der Waals surface area contributed by atoms with E-state index in [1.54, 1.807) is 21.7 Å². The number of hydrogen-bond acceptors (Lipinski definition) is 5. The molecule has 2 amide bonds. The lowest BCUT2D eigenvalue weighted by Gasteiger charge is -2.31. The highest BCUT2D eigenvalue weighted by Crippen LogP contribution is 2.28. The maximum Gasteiger partial charge on any atom is 0.276 e. The fourth-order valence-electron chi connectivity index (χ4n) is 4.59. The molecule has 3 aromatic rings. The van der Waals surface area contributed by atoms with E-state index >= 15 is 0 Å². The monoisotopic (exact) mass is 477 g/mol. The summed E-state index contributed by atoms with van der Waals surface area (Å²) in [5.74, 6) is -0.678. The molecular formula is C26H28FN5O3. The van der Waals surface area contributed by atoms with Gasteiger partial charge in [0.25, 0.3) is 5.91 Å². The molecule has 1 fully saturated rings. The van der Waals surface area contributed by atoms with Crippen LogP contribution < -0.4 is 5.32 Å². The SMILES string of the molecule is Cc1ccc([C@H]2Cn3nnc(C(=O)N4CCC(C(=O)NCc5ccc(F)cc5)CC4)c3CO2)cc1. The zero-order valence-corrected chi connectivity index (χ0v) is 19.6. The lowest BCUT2D eigenvalue weighted by Crippen LogP contribution is -2.43. The van der Waals surface area contributed by atoms with E-state index < -0.39 is 0 Å². The van der Waals surface area contributed by atoms with Crippen molar-refractivity contribution in [2.24, 2.45) is 5.92 Å². The van der Waals surface area contributed by atoms with Crippen molar-refractivity contribution < 1.29 is 18.7 Å². The molecule has 5 rings (SSSR count). The Hall–Kier alpha value is -3.59. The first-order valence-corrected chi connectivity index (χ1v) is 11.9. The molecule has 1 atom stereocenters. The predicted octanol–water partition coefficient (Wildman–Crippen LogP) is 3.17. The number of hydrogen-bond donors (Lipinski definition) is 1. The largest absolute Gasteiger partial charge is 0.365 e. The minimum atomic E-state index is -0.302. The number of halogens is 1. The molecule has 8 nitrogen and oxygen atoms in total. The Kier molecular flexibility index (Phi) is 6.59. The van der Waals surface area contributed by atoms with Gasteiger partial charge in [-0.25, -0.2) is 9.07 Å². The van der Waals surface area contributed by atoms with Gasteiger partial charge < -0.3 is 15.0 Å². The normalized spacial score (nSPS) is 18.2. The average Bonchev–Trinajstić information content (AvgIpc) is 3.31. The highest BCUT2D eigenvalue weighted by Gasteiger charge is 2.33. The Morgan fingerprint density at radius 3 is 2.51 bits per heavy atom. The number of amides is 2. The number of fused-ring (bicyclic) bond motifs is 1. The van der Waals surface area contributed by atoms with Gasteiger partial charge in [-0.15, -0.1) is 5.10 Å². The van der Waals surface area contributed by atoms with Gasteiger partial charge in [-0.1, -0.05) is 47.2 Å². The van der Waals surface area contributed by atoms with Gasteiger partial charge >= 0.3 is 0 Å². The summed E-state index contributed by atoms with van der Waals surface area (Å²) in [6.07, 6.45) is 1.03. The number of aryl methyl sites for hydroxylation is 1. The zero-order valence-electron chi connectivity index (χ0n) is 19.6. The number of rotatable bonds is 5. The van der Waals surface area contributed by atoms with Gasteiger partial charge in [-0.2, -0.15) is 0 Å². The molecule has 3 heterocycles. The molecule has 9 heteroatoms. The molecule has 0 radical (unpaired) electrons. The quantitative estimate of drug-likeness (QED) is 0.610. The number of nitrogens with one attached hydrogen (secondary N) is 1. The summed E-state index contributed by atoms with van der Waals surface area (Å²) in [5.41, 5.74) is 4.12. The van der Waals surface area contributed by atoms with Gasteiger partial charge in [0.1, 0.15) is 11.9 Å². The van der Waals surface area contributed by atoms with Crippen LogP contribution in [0, 0.1) is 18.7 Å². The Balaban J connectivity index is 1.15. The Bertz CT molecular complexity index is 1200. The summed E-state index contributed by atoms with van der Waals surface area (Å²) in [6, 6.07) is 14.3. The highest BCUT2D eigenvalue weighted by atomic mass is 19.1. The van der Waals surface area contributed by atoms with Gasteiger partial charge in [0.2, 0.25) is 5.91 Å². The number of ether oxygens (including phenoxy) is 1. The molecule has 35 heavy (non-hydrogen) atoms. The van der Waals surface area contributed by atoms with Crippen molar-refractivity contribution in [2.45, 2.75) is 45.6 Å². The van der Waals surface area contributed by atoms with E-state index in [4.69, 9.17) is 4.74 Å². The molecule has 1 saturated heterocycles. The van der Waals surface area contributed by atoms with E-state index in [0.717, 1.165) is 11.1 Å². The lowest BCUT2D eigenvalue weighted by atomic mass is 9.95. The molecule has 0 saturated carbocycles. The van der Waals surface area contributed by atoms with Crippen molar-refractivity contribution in [2.75, 3.05) is 13.1 Å². The van der Waals surface area contributed by atoms with Crippen molar-refractivity contribution >= 4 is 11.8 Å². The summed E-state index contributed by atoms with van der Waals surface area (Å²) in [5, 5.41) is 11.3. The molecule has 182 valence electrons. The van der Waals surface area contributed by atoms with Crippen LogP contribution in [-0.2, 0) is 29.2 Å². The second-order valence-electron chi connectivity index (χ2n) is 9.19. The van der Waals surface area contributed by atoms with Crippen LogP contribution in [0.5, 0.6) is 0 Å². The number of nitrogens with zero attached hydrogens (tertiary/aromatic N) is 4. The third-order valence-electron chi connectivity index (χ3n) is 6.78. The molecule has 2 aromatic carbocycles. The van der Waals surface area contributed by atoms with Crippen molar-refractivity contribution in [3.05, 3.63) is 82.4 Å². The van der Waals surface area contributed by atoms with Crippen LogP contribution in [0.4, 0.5) is 4.39 Å². The van der Waals surface area contributed by atoms with Crippen molar-refractivity contribution in [3.63, 3.8) is 0 Å². The number of carbonyl (C=O) groups is 2. The first-order valence-electron chi connectivity index (χ1n) is 11.9. The molecule has 1 N–H and O–H groups in total. The molecule has 0 aliphatic carbocycles. The second-order valence-corrected chi connectivity index (χ2v) is 9.19. The minimum Gasteiger partial charge on any atom is -0.365 e. The predicted molar refractivity (Wildman–Crippen MR) is 126 cm³/mol. The van der Waals surface area contributed by atoms with Crippen molar-refractivity contribution in [1.29, 1.82) is 0 Å². The first-order chi connectivity index (χ1) is 17.0. The topological polar surface area (TPSA) is 89.4 Å². The number of benzene rings is 2. The average molecular weight is 478 g/mol. The fourth-order valence-corrected chi connectivity index (χ4v) is 4.59. The summed E-state index contributed by atoms with van der Waals surface area (Å²) < 4.78 is 20.8. The Morgan fingerprint density at radius 2 is 1.80 bits per heavy atom. The van der Waals surface area contributed by atoms with Crippen LogP contribution >= 0.6 is 0 Å². The molecule has 0 bridgehead atoms. The minimum absolute atomic E-state index is 0.0435. The maximum absolute atomic E-state index is 13.2. The molecule has 1 aromatic heterocycles. The van der Waals surface area contributed by atoms with Crippen LogP contribution in [0.2, 0.25) is 0 Å². The third-order valence-corrected chi connectivity index (χ3v) is 6.78. The van der Waals surface area contributed by atoms with E-state index in [2.05, 4.69) is 27.8 Å². The van der Waals surface area contributed by atoms with E-state index in [9.17, 15) is 14.0 Å². The van der Waals surface area contributed by atoms with Gasteiger partial charge in [-0.05, 0) is 43.0 Å². The van der Waals surface area contributed by atoms with E-state index in [1.807, 2.05) is 19.1 Å². The van der Waals surface area contributed by atoms with Crippen molar-refractivity contribution in [1.82, 2.24) is 25.2 Å². The second kappa shape index (κ2) is 9.95. The van der Waals surface area contributed by atoms with Crippen LogP contribution in [-0.4, -0.2) is 44.8 Å². The van der Waals surface area contributed by atoms with Gasteiger partial charge in [0, 0.05) is 25.6 Å². The van der Waals surface area contributed by atoms with Gasteiger partial charge in [0.15, 0.2) is 5.69 Å². The van der Waals surface area contributed by atoms with Crippen LogP contribution in [0.25, 0.3) is 0 Å². The summed E-state index contributed by atoms with van der Waals surface area (Å²) >= 11 is 0. The van der Waals surface area contributed by atoms with Gasteiger partial charge in [-0.3, -0.25) is 9.59 Å². The maximum atomic E-state index is 13.2. The fraction of sp³-hybridized carbons (Fsp3) is 0.385. The number of carbonyl (C=O) groups excluding carboxylic acids is 2. The number of likely N-dealkylation sites (tertiary alicyclic amines) is 1. The summed E-state index contributed by atoms with van der Waals surface area (Å²) in [6.45, 7) is 4.14. The lowest BCUT2D eigenvalue weighted by molar-refractivity contribution is -0.126. The number of aromatic nitrogens is 3. The molecule has 0 spiro atoms. The Morgan fingerprint density at radius 1 is 1.09 bits per heavy atom. The molecular weight excluding hydrogens is 449 g/mol. The third kappa shape index (κ3) is 5.09. The highest BCUT2D eigenvalue weighted by molar-refractivity contribution is 5.93. The molecule has 2 aliphatic heterocycles. The van der Waals surface area contributed by atoms with Gasteiger partial charge in [0.05, 0.1) is 18.8 Å². The van der Waals surface area contributed by atoms with Crippen molar-refractivity contribution in [3.8, 4) is 0 Å². The molecule has 0 unspecified atom stereocenters. The molecule has 2 aliphatic rings. The van der Waals surface area contributed by atoms with E-state index in [0.29, 0.717) is 50.4 Å². The zero-order chi connectivity index (χ0) is 24.4.